The first kappa shape index (κ1) is 22.4. The van der Waals surface area contributed by atoms with E-state index in [2.05, 4.69) is 22.1 Å². The van der Waals surface area contributed by atoms with Gasteiger partial charge >= 0.3 is 0 Å². The number of nitrogens with zero attached hydrogens (tertiary/aromatic N) is 5. The predicted molar refractivity (Wildman–Crippen MR) is 116 cm³/mol. The van der Waals surface area contributed by atoms with Crippen LogP contribution in [0.2, 0.25) is 0 Å². The van der Waals surface area contributed by atoms with E-state index in [-0.39, 0.29) is 22.8 Å². The van der Waals surface area contributed by atoms with E-state index in [1.807, 2.05) is 0 Å². The summed E-state index contributed by atoms with van der Waals surface area (Å²) in [5.41, 5.74) is -1.04. The van der Waals surface area contributed by atoms with Crippen LogP contribution in [0.4, 0.5) is 0 Å². The summed E-state index contributed by atoms with van der Waals surface area (Å²) >= 11 is 0.909. The number of amides is 1. The van der Waals surface area contributed by atoms with E-state index >= 15 is 0 Å². The van der Waals surface area contributed by atoms with Crippen LogP contribution in [0.3, 0.4) is 0 Å². The van der Waals surface area contributed by atoms with Gasteiger partial charge in [-0.2, -0.15) is 0 Å². The molecule has 1 fully saturated rings. The topological polar surface area (TPSA) is 124 Å². The van der Waals surface area contributed by atoms with E-state index in [4.69, 9.17) is 4.74 Å². The number of tetrazole rings is 1. The number of sulfone groups is 1. The molecule has 0 spiro atoms. The molecule has 1 aromatic heterocycles. The standard InChI is InChI=1S/C20H21N5O5S2/c1-5-11-20(30-4)17(27)25-14(15(26)13-9-7-6-8-10-13)12(2)16(32(28,29)18(20)25)31-19-21-22-23-24(19)3/h5-10,16,18H,1,11H2,2-4H3/t16?,18-,20+/m0/s1. The lowest BCUT2D eigenvalue weighted by Crippen LogP contribution is -2.79. The van der Waals surface area contributed by atoms with Gasteiger partial charge < -0.3 is 4.74 Å². The van der Waals surface area contributed by atoms with Crippen molar-refractivity contribution in [2.75, 3.05) is 7.11 Å². The molecule has 0 bridgehead atoms. The number of hydrogen-bond donors (Lipinski definition) is 0. The Morgan fingerprint density at radius 1 is 1.34 bits per heavy atom. The first-order valence-electron chi connectivity index (χ1n) is 9.62. The Balaban J connectivity index is 1.92. The first-order chi connectivity index (χ1) is 15.2. The van der Waals surface area contributed by atoms with Crippen molar-refractivity contribution in [1.29, 1.82) is 0 Å². The molecule has 12 heteroatoms. The number of fused-ring (bicyclic) bond motifs is 1. The molecular formula is C20H21N5O5S2. The minimum Gasteiger partial charge on any atom is -0.365 e. The Kier molecular flexibility index (Phi) is 5.55. The smallest absolute Gasteiger partial charge is 0.264 e. The molecule has 2 aromatic rings. The molecule has 168 valence electrons. The molecule has 10 nitrogen and oxygen atoms in total. The Morgan fingerprint density at radius 3 is 2.59 bits per heavy atom. The van der Waals surface area contributed by atoms with E-state index in [1.54, 1.807) is 44.3 Å². The molecule has 32 heavy (non-hydrogen) atoms. The third kappa shape index (κ3) is 3.05. The Morgan fingerprint density at radius 2 is 2.03 bits per heavy atom. The summed E-state index contributed by atoms with van der Waals surface area (Å²) in [6.07, 6.45) is 1.42. The van der Waals surface area contributed by atoms with Crippen molar-refractivity contribution in [1.82, 2.24) is 25.1 Å². The maximum absolute atomic E-state index is 13.8. The molecule has 0 radical (unpaired) electrons. The van der Waals surface area contributed by atoms with Crippen molar-refractivity contribution in [3.05, 3.63) is 59.8 Å². The van der Waals surface area contributed by atoms with Gasteiger partial charge in [0.25, 0.3) is 5.91 Å². The highest BCUT2D eigenvalue weighted by molar-refractivity contribution is 8.14. The van der Waals surface area contributed by atoms with Gasteiger partial charge in [0.1, 0.15) is 4.58 Å². The highest BCUT2D eigenvalue weighted by Gasteiger charge is 2.71. The minimum absolute atomic E-state index is 0.0164. The molecule has 3 atom stereocenters. The van der Waals surface area contributed by atoms with Crippen molar-refractivity contribution in [3.63, 3.8) is 0 Å². The maximum Gasteiger partial charge on any atom is 0.264 e. The summed E-state index contributed by atoms with van der Waals surface area (Å²) in [5, 5.41) is 10.1. The zero-order chi connectivity index (χ0) is 23.3. The van der Waals surface area contributed by atoms with Crippen LogP contribution in [0.15, 0.2) is 59.4 Å². The third-order valence-corrected chi connectivity index (χ3v) is 10.0. The second-order valence-corrected chi connectivity index (χ2v) is 10.9. The minimum atomic E-state index is -4.05. The number of allylic oxidation sites excluding steroid dienone is 1. The monoisotopic (exact) mass is 475 g/mol. The number of carbonyl (C=O) groups is 2. The molecular weight excluding hydrogens is 454 g/mol. The van der Waals surface area contributed by atoms with Crippen molar-refractivity contribution >= 4 is 33.3 Å². The Labute approximate surface area is 189 Å². The van der Waals surface area contributed by atoms with Gasteiger partial charge in [-0.05, 0) is 22.9 Å². The normalized spacial score (nSPS) is 26.5. The number of rotatable bonds is 7. The summed E-state index contributed by atoms with van der Waals surface area (Å²) in [6, 6.07) is 8.40. The number of ketones is 1. The quantitative estimate of drug-likeness (QED) is 0.331. The number of ether oxygens (including phenoxy) is 1. The van der Waals surface area contributed by atoms with Crippen LogP contribution in [-0.4, -0.2) is 67.9 Å². The molecule has 0 aliphatic carbocycles. The average molecular weight is 476 g/mol. The number of thioether (sulfide) groups is 1. The van der Waals surface area contributed by atoms with E-state index in [0.29, 0.717) is 5.56 Å². The zero-order valence-corrected chi connectivity index (χ0v) is 19.3. The molecule has 1 saturated heterocycles. The molecule has 0 N–H and O–H groups in total. The number of aromatic nitrogens is 4. The molecule has 1 amide bonds. The highest BCUT2D eigenvalue weighted by Crippen LogP contribution is 2.52. The second kappa shape index (κ2) is 7.94. The molecule has 2 aliphatic rings. The van der Waals surface area contributed by atoms with E-state index in [0.717, 1.165) is 16.7 Å². The van der Waals surface area contributed by atoms with Crippen LogP contribution in [0, 0.1) is 0 Å². The van der Waals surface area contributed by atoms with Gasteiger partial charge in [0.15, 0.2) is 20.8 Å². The molecule has 0 saturated carbocycles. The summed E-state index contributed by atoms with van der Waals surface area (Å²) in [7, 11) is -1.18. The van der Waals surface area contributed by atoms with E-state index in [9.17, 15) is 18.0 Å². The molecule has 4 rings (SSSR count). The van der Waals surface area contributed by atoms with Gasteiger partial charge in [-0.25, -0.2) is 13.1 Å². The van der Waals surface area contributed by atoms with E-state index < -0.39 is 37.1 Å². The number of aryl methyl sites for hydroxylation is 1. The average Bonchev–Trinajstić information content (AvgIpc) is 3.19. The van der Waals surface area contributed by atoms with Crippen LogP contribution in [0.5, 0.6) is 0 Å². The molecule has 1 unspecified atom stereocenters. The second-order valence-electron chi connectivity index (χ2n) is 7.46. The highest BCUT2D eigenvalue weighted by atomic mass is 32.3. The first-order valence-corrected chi connectivity index (χ1v) is 12.1. The number of benzene rings is 1. The van der Waals surface area contributed by atoms with Crippen molar-refractivity contribution < 1.29 is 22.7 Å². The molecule has 1 aromatic carbocycles. The SMILES string of the molecule is C=CC[C@@]1(OC)C(=O)N2C(C(=O)c3ccccc3)=C(C)C(Sc3nnnn3C)S(=O)(=O)[C@H]21. The Hall–Kier alpha value is -2.83. The van der Waals surface area contributed by atoms with Crippen molar-refractivity contribution in [3.8, 4) is 0 Å². The number of Topliss-reactive ketones (excluding diaryl/α,β-unsaturated/α-hetero) is 1. The number of hydrogen-bond acceptors (Lipinski definition) is 9. The van der Waals surface area contributed by atoms with Gasteiger partial charge in [0.2, 0.25) is 10.9 Å². The van der Waals surface area contributed by atoms with Crippen LogP contribution in [0.25, 0.3) is 0 Å². The molecule has 3 heterocycles. The summed E-state index contributed by atoms with van der Waals surface area (Å²) < 4.78 is 33.2. The van der Waals surface area contributed by atoms with Crippen molar-refractivity contribution in [2.45, 2.75) is 34.1 Å². The van der Waals surface area contributed by atoms with Gasteiger partial charge in [0, 0.05) is 26.1 Å². The summed E-state index contributed by atoms with van der Waals surface area (Å²) in [4.78, 5) is 27.8. The fraction of sp³-hybridized carbons (Fsp3) is 0.350. The lowest BCUT2D eigenvalue weighted by molar-refractivity contribution is -0.181. The fourth-order valence-electron chi connectivity index (χ4n) is 4.12. The third-order valence-electron chi connectivity index (χ3n) is 5.65. The Bertz CT molecular complexity index is 1240. The number of methoxy groups -OCH3 is 1. The lowest BCUT2D eigenvalue weighted by Gasteiger charge is -2.57. The largest absolute Gasteiger partial charge is 0.365 e. The summed E-state index contributed by atoms with van der Waals surface area (Å²) in [5.74, 6) is -1.03. The van der Waals surface area contributed by atoms with Gasteiger partial charge in [-0.15, -0.1) is 11.7 Å². The van der Waals surface area contributed by atoms with Crippen LogP contribution < -0.4 is 0 Å². The van der Waals surface area contributed by atoms with E-state index in [1.165, 1.54) is 17.9 Å². The van der Waals surface area contributed by atoms with Crippen LogP contribution in [0.1, 0.15) is 23.7 Å². The fourth-order valence-corrected chi connectivity index (χ4v) is 8.14. The van der Waals surface area contributed by atoms with Crippen LogP contribution in [-0.2, 0) is 26.4 Å². The van der Waals surface area contributed by atoms with Gasteiger partial charge in [-0.1, -0.05) is 48.2 Å². The lowest BCUT2D eigenvalue weighted by atomic mass is 9.85. The van der Waals surface area contributed by atoms with Crippen LogP contribution >= 0.6 is 11.8 Å². The number of β-lactam (4-membered cyclic amide) rings is 1. The van der Waals surface area contributed by atoms with Crippen molar-refractivity contribution in [2.24, 2.45) is 7.05 Å². The maximum atomic E-state index is 13.8. The predicted octanol–water partition coefficient (Wildman–Crippen LogP) is 1.34. The van der Waals surface area contributed by atoms with Gasteiger partial charge in [-0.3, -0.25) is 14.5 Å². The number of carbonyl (C=O) groups excluding carboxylic acids is 2. The zero-order valence-electron chi connectivity index (χ0n) is 17.6. The van der Waals surface area contributed by atoms with Gasteiger partial charge in [0.05, 0.1) is 5.70 Å². The summed E-state index contributed by atoms with van der Waals surface area (Å²) in [6.45, 7) is 5.18. The molecule has 2 aliphatic heterocycles.